The van der Waals surface area contributed by atoms with E-state index in [9.17, 15) is 19.0 Å². The van der Waals surface area contributed by atoms with Gasteiger partial charge in [0, 0.05) is 25.4 Å². The highest BCUT2D eigenvalue weighted by Gasteiger charge is 2.13. The number of hydrogen-bond acceptors (Lipinski definition) is 8. The number of ether oxygens (including phenoxy) is 2. The van der Waals surface area contributed by atoms with Gasteiger partial charge in [0.1, 0.15) is 0 Å². The second-order valence-electron chi connectivity index (χ2n) is 12.4. The van der Waals surface area contributed by atoms with Crippen molar-refractivity contribution in [2.24, 2.45) is 0 Å². The summed E-state index contributed by atoms with van der Waals surface area (Å²) in [7, 11) is 2.95. The molecule has 0 aliphatic heterocycles. The van der Waals surface area contributed by atoms with E-state index in [1.807, 2.05) is 0 Å². The molecule has 9 nitrogen and oxygen atoms in total. The van der Waals surface area contributed by atoms with Crippen LogP contribution in [0.1, 0.15) is 129 Å². The zero-order valence-corrected chi connectivity index (χ0v) is 30.0. The van der Waals surface area contributed by atoms with E-state index in [2.05, 4.69) is 36.3 Å². The van der Waals surface area contributed by atoms with Crippen LogP contribution in [-0.4, -0.2) is 71.0 Å². The van der Waals surface area contributed by atoms with Crippen molar-refractivity contribution in [1.82, 2.24) is 0 Å². The second-order valence-corrected chi connectivity index (χ2v) is 14.0. The Kier molecular flexibility index (Phi) is 29.3. The van der Waals surface area contributed by atoms with Crippen molar-refractivity contribution in [2.45, 2.75) is 129 Å². The summed E-state index contributed by atoms with van der Waals surface area (Å²) < 4.78 is 29.1. The van der Waals surface area contributed by atoms with Gasteiger partial charge in [-0.2, -0.15) is 0 Å². The maximum Gasteiger partial charge on any atom is 0.333 e. The third-order valence-corrected chi connectivity index (χ3v) is 8.32. The number of quaternary nitrogens is 1. The predicted octanol–water partition coefficient (Wildman–Crippen LogP) is 8.07. The topological polar surface area (TPSA) is 111 Å². The highest BCUT2D eigenvalue weighted by Crippen LogP contribution is 2.34. The zero-order chi connectivity index (χ0) is 33.7. The molecule has 0 N–H and O–H groups in total. The Labute approximate surface area is 269 Å². The molecule has 0 saturated carbocycles. The van der Waals surface area contributed by atoms with Crippen LogP contribution in [0.15, 0.2) is 24.3 Å². The van der Waals surface area contributed by atoms with E-state index < -0.39 is 7.82 Å². The summed E-state index contributed by atoms with van der Waals surface area (Å²) in [5.41, 5.74) is 0.963. The minimum absolute atomic E-state index is 0.265. The summed E-state index contributed by atoms with van der Waals surface area (Å²) in [6, 6.07) is 0. The molecule has 0 aromatic heterocycles. The lowest BCUT2D eigenvalue weighted by molar-refractivity contribution is -0.890. The largest absolute Gasteiger partial charge is 0.756 e. The normalized spacial score (nSPS) is 11.4. The molecule has 10 heteroatoms. The Balaban J connectivity index is 0. The molecule has 0 atom stereocenters. The van der Waals surface area contributed by atoms with Gasteiger partial charge < -0.3 is 27.9 Å². The number of carbonyl (C=O) groups is 2. The SMILES string of the molecule is C=C(C)C(=O)OCCCCCCCCCCC[N+](C)(C)CCCCCCCCCCCOC(=O)C(=C)C.COP(=O)([O-])OC. The molecule has 0 aromatic carbocycles. The van der Waals surface area contributed by atoms with Crippen molar-refractivity contribution in [3.8, 4) is 0 Å². The van der Waals surface area contributed by atoms with Crippen molar-refractivity contribution < 1.29 is 42.1 Å². The van der Waals surface area contributed by atoms with Crippen molar-refractivity contribution in [3.63, 3.8) is 0 Å². The number of esters is 2. The van der Waals surface area contributed by atoms with E-state index in [-0.39, 0.29) is 11.9 Å². The van der Waals surface area contributed by atoms with Crippen molar-refractivity contribution >= 4 is 19.8 Å². The molecule has 0 aliphatic carbocycles. The molecule has 0 heterocycles. The second kappa shape index (κ2) is 28.9. The number of hydrogen-bond donors (Lipinski definition) is 0. The van der Waals surface area contributed by atoms with E-state index in [0.29, 0.717) is 24.4 Å². The van der Waals surface area contributed by atoms with Gasteiger partial charge in [-0.1, -0.05) is 90.2 Å². The molecule has 260 valence electrons. The fraction of sp³-hybridized carbons (Fsp3) is 0.824. The van der Waals surface area contributed by atoms with E-state index in [4.69, 9.17) is 9.47 Å². The van der Waals surface area contributed by atoms with Gasteiger partial charge in [0.15, 0.2) is 0 Å². The van der Waals surface area contributed by atoms with Crippen LogP contribution >= 0.6 is 7.82 Å². The first-order chi connectivity index (χ1) is 20.8. The fourth-order valence-corrected chi connectivity index (χ4v) is 4.67. The average molecular weight is 648 g/mol. The molecule has 0 saturated heterocycles. The first kappa shape index (κ1) is 44.6. The van der Waals surface area contributed by atoms with Gasteiger partial charge in [0.05, 0.1) is 40.4 Å². The molecule has 0 spiro atoms. The first-order valence-electron chi connectivity index (χ1n) is 16.7. The lowest BCUT2D eigenvalue weighted by Gasteiger charge is -2.30. The number of rotatable bonds is 28. The number of phosphoric acid groups is 1. The van der Waals surface area contributed by atoms with Gasteiger partial charge in [-0.05, 0) is 52.4 Å². The summed E-state index contributed by atoms with van der Waals surface area (Å²) in [4.78, 5) is 32.5. The van der Waals surface area contributed by atoms with E-state index in [0.717, 1.165) is 44.4 Å². The number of phosphoric ester groups is 1. The molecular weight excluding hydrogens is 581 g/mol. The lowest BCUT2D eigenvalue weighted by atomic mass is 10.1. The molecule has 0 fully saturated rings. The summed E-state index contributed by atoms with van der Waals surface area (Å²) in [5.74, 6) is -0.531. The molecule has 0 amide bonds. The Morgan fingerprint density at radius 3 is 1.05 bits per heavy atom. The van der Waals surface area contributed by atoms with Gasteiger partial charge >= 0.3 is 11.9 Å². The summed E-state index contributed by atoms with van der Waals surface area (Å²) in [6.07, 6.45) is 22.7. The van der Waals surface area contributed by atoms with Crippen LogP contribution in [0.25, 0.3) is 0 Å². The van der Waals surface area contributed by atoms with Crippen LogP contribution in [0.2, 0.25) is 0 Å². The zero-order valence-electron chi connectivity index (χ0n) is 29.1. The molecule has 0 radical (unpaired) electrons. The Morgan fingerprint density at radius 1 is 0.568 bits per heavy atom. The van der Waals surface area contributed by atoms with Crippen LogP contribution < -0.4 is 4.89 Å². The van der Waals surface area contributed by atoms with Gasteiger partial charge in [-0.25, -0.2) is 9.59 Å². The van der Waals surface area contributed by atoms with Gasteiger partial charge in [-0.3, -0.25) is 4.57 Å². The van der Waals surface area contributed by atoms with Crippen LogP contribution in [0.3, 0.4) is 0 Å². The maximum atomic E-state index is 11.3. The van der Waals surface area contributed by atoms with Crippen LogP contribution in [0.5, 0.6) is 0 Å². The Bertz CT molecular complexity index is 755. The van der Waals surface area contributed by atoms with Crippen molar-refractivity contribution in [2.75, 3.05) is 54.6 Å². The molecule has 0 aromatic rings. The Morgan fingerprint density at radius 2 is 0.818 bits per heavy atom. The molecular formula is C34H66NO8P. The number of unbranched alkanes of at least 4 members (excludes halogenated alkanes) is 16. The standard InChI is InChI=1S/C32H60NO4.C2H7O4P/c1-29(2)31(34)36-27-23-19-15-11-7-9-13-17-21-25-33(5,6)26-22-18-14-10-8-12-16-20-24-28-37-32(35)30(3)4;1-5-7(3,4)6-2/h1,3,7-28H2,2,4-6H3;1-2H3,(H,3,4)/q+1;/p-1. The van der Waals surface area contributed by atoms with Crippen molar-refractivity contribution in [3.05, 3.63) is 24.3 Å². The third kappa shape index (κ3) is 31.9. The first-order valence-corrected chi connectivity index (χ1v) is 18.1. The summed E-state index contributed by atoms with van der Waals surface area (Å²) in [5, 5.41) is 0. The highest BCUT2D eigenvalue weighted by molar-refractivity contribution is 7.45. The summed E-state index contributed by atoms with van der Waals surface area (Å²) >= 11 is 0. The van der Waals surface area contributed by atoms with Crippen molar-refractivity contribution in [1.29, 1.82) is 0 Å². The Hall–Kier alpha value is -1.51. The molecule has 0 aliphatic rings. The highest BCUT2D eigenvalue weighted by atomic mass is 31.2. The third-order valence-electron chi connectivity index (χ3n) is 7.43. The van der Waals surface area contributed by atoms with Gasteiger partial charge in [-0.15, -0.1) is 0 Å². The van der Waals surface area contributed by atoms with Crippen LogP contribution in [0.4, 0.5) is 0 Å². The maximum absolute atomic E-state index is 11.3. The molecule has 44 heavy (non-hydrogen) atoms. The number of nitrogens with zero attached hydrogens (tertiary/aromatic N) is 1. The summed E-state index contributed by atoms with van der Waals surface area (Å²) in [6.45, 7) is 14.2. The van der Waals surface area contributed by atoms with E-state index in [1.54, 1.807) is 13.8 Å². The van der Waals surface area contributed by atoms with E-state index >= 15 is 0 Å². The van der Waals surface area contributed by atoms with Gasteiger partial charge in [0.25, 0.3) is 7.82 Å². The fourth-order valence-electron chi connectivity index (χ4n) is 4.52. The average Bonchev–Trinajstić information content (AvgIpc) is 2.98. The minimum Gasteiger partial charge on any atom is -0.756 e. The molecule has 0 bridgehead atoms. The molecule has 0 rings (SSSR count). The quantitative estimate of drug-likeness (QED) is 0.0276. The van der Waals surface area contributed by atoms with Gasteiger partial charge in [0.2, 0.25) is 0 Å². The van der Waals surface area contributed by atoms with Crippen LogP contribution in [-0.2, 0) is 32.7 Å². The smallest absolute Gasteiger partial charge is 0.333 e. The monoisotopic (exact) mass is 647 g/mol. The minimum atomic E-state index is -3.90. The number of carbonyl (C=O) groups excluding carboxylic acids is 2. The predicted molar refractivity (Wildman–Crippen MR) is 178 cm³/mol. The molecule has 0 unspecified atom stereocenters. The van der Waals surface area contributed by atoms with Crippen LogP contribution in [0, 0.1) is 0 Å². The van der Waals surface area contributed by atoms with E-state index in [1.165, 1.54) is 103 Å². The lowest BCUT2D eigenvalue weighted by Crippen LogP contribution is -2.41.